The lowest BCUT2D eigenvalue weighted by Gasteiger charge is -2.23. The molecule has 0 radical (unpaired) electrons. The van der Waals surface area contributed by atoms with Crippen molar-refractivity contribution in [2.45, 2.75) is 19.0 Å². The van der Waals surface area contributed by atoms with Crippen LogP contribution in [0.5, 0.6) is 0 Å². The van der Waals surface area contributed by atoms with Gasteiger partial charge in [0.2, 0.25) is 0 Å². The third kappa shape index (κ3) is 1.48. The van der Waals surface area contributed by atoms with Crippen LogP contribution in [0.3, 0.4) is 0 Å². The van der Waals surface area contributed by atoms with Gasteiger partial charge in [0.15, 0.2) is 0 Å². The van der Waals surface area contributed by atoms with E-state index in [1.807, 2.05) is 6.07 Å². The Kier molecular flexibility index (Phi) is 2.21. The summed E-state index contributed by atoms with van der Waals surface area (Å²) in [5, 5.41) is 11.6. The van der Waals surface area contributed by atoms with Crippen LogP contribution < -0.4 is 5.32 Å². The van der Waals surface area contributed by atoms with Crippen LogP contribution in [-0.4, -0.2) is 17.1 Å². The molecule has 1 aromatic carbocycles. The second kappa shape index (κ2) is 3.38. The van der Waals surface area contributed by atoms with E-state index in [2.05, 4.69) is 5.32 Å². The molecule has 74 valence electrons. The van der Waals surface area contributed by atoms with Crippen molar-refractivity contribution >= 4 is 5.97 Å². The Morgan fingerprint density at radius 2 is 2.36 bits per heavy atom. The van der Waals surface area contributed by atoms with E-state index in [0.29, 0.717) is 12.1 Å². The molecular weight excluding hydrogens is 185 g/mol. The highest BCUT2D eigenvalue weighted by atomic mass is 19.1. The molecule has 1 heterocycles. The minimum absolute atomic E-state index is 0.220. The molecule has 0 amide bonds. The molecular formula is C10H10FNO2. The fourth-order valence-corrected chi connectivity index (χ4v) is 1.68. The number of aliphatic carboxylic acids is 1. The van der Waals surface area contributed by atoms with Crippen molar-refractivity contribution < 1.29 is 14.3 Å². The van der Waals surface area contributed by atoms with Crippen molar-refractivity contribution in [3.8, 4) is 0 Å². The molecule has 2 N–H and O–H groups in total. The van der Waals surface area contributed by atoms with Gasteiger partial charge in [0.1, 0.15) is 11.9 Å². The van der Waals surface area contributed by atoms with Gasteiger partial charge in [-0.3, -0.25) is 4.79 Å². The fourth-order valence-electron chi connectivity index (χ4n) is 1.68. The summed E-state index contributed by atoms with van der Waals surface area (Å²) < 4.78 is 13.3. The average Bonchev–Trinajstić information content (AvgIpc) is 2.18. The minimum Gasteiger partial charge on any atom is -0.480 e. The predicted octanol–water partition coefficient (Wildman–Crippen LogP) is 0.925. The maximum absolute atomic E-state index is 13.3. The second-order valence-electron chi connectivity index (χ2n) is 3.35. The predicted molar refractivity (Wildman–Crippen MR) is 48.4 cm³/mol. The van der Waals surface area contributed by atoms with E-state index >= 15 is 0 Å². The van der Waals surface area contributed by atoms with E-state index in [4.69, 9.17) is 5.11 Å². The van der Waals surface area contributed by atoms with E-state index < -0.39 is 12.0 Å². The lowest BCUT2D eigenvalue weighted by atomic mass is 9.95. The van der Waals surface area contributed by atoms with Crippen LogP contribution in [0.25, 0.3) is 0 Å². The van der Waals surface area contributed by atoms with E-state index in [1.165, 1.54) is 6.07 Å². The SMILES string of the molecule is O=C(O)[C@@H]1Cc2c(F)cccc2CN1. The molecule has 0 spiro atoms. The van der Waals surface area contributed by atoms with Crippen molar-refractivity contribution in [3.63, 3.8) is 0 Å². The maximum Gasteiger partial charge on any atom is 0.321 e. The van der Waals surface area contributed by atoms with Gasteiger partial charge in [0, 0.05) is 13.0 Å². The highest BCUT2D eigenvalue weighted by molar-refractivity contribution is 5.74. The summed E-state index contributed by atoms with van der Waals surface area (Å²) >= 11 is 0. The third-order valence-corrected chi connectivity index (χ3v) is 2.46. The molecule has 0 bridgehead atoms. The topological polar surface area (TPSA) is 49.3 Å². The monoisotopic (exact) mass is 195 g/mol. The second-order valence-corrected chi connectivity index (χ2v) is 3.35. The van der Waals surface area contributed by atoms with Crippen LogP contribution in [0, 0.1) is 5.82 Å². The molecule has 0 aliphatic carbocycles. The number of nitrogens with one attached hydrogen (secondary N) is 1. The molecule has 0 fully saturated rings. The molecule has 1 aliphatic heterocycles. The number of rotatable bonds is 1. The third-order valence-electron chi connectivity index (χ3n) is 2.46. The Labute approximate surface area is 80.6 Å². The zero-order chi connectivity index (χ0) is 10.1. The Morgan fingerprint density at radius 1 is 1.57 bits per heavy atom. The van der Waals surface area contributed by atoms with Crippen LogP contribution in [0.4, 0.5) is 4.39 Å². The minimum atomic E-state index is -0.932. The van der Waals surface area contributed by atoms with Crippen LogP contribution in [0.15, 0.2) is 18.2 Å². The van der Waals surface area contributed by atoms with Gasteiger partial charge in [-0.05, 0) is 17.2 Å². The number of hydrogen-bond acceptors (Lipinski definition) is 2. The standard InChI is InChI=1S/C10H10FNO2/c11-8-3-1-2-6-5-12-9(10(13)14)4-7(6)8/h1-3,9,12H,4-5H2,(H,13,14)/t9-/m0/s1. The first kappa shape index (κ1) is 9.15. The van der Waals surface area contributed by atoms with Gasteiger partial charge in [-0.1, -0.05) is 12.1 Å². The van der Waals surface area contributed by atoms with Crippen LogP contribution in [0.1, 0.15) is 11.1 Å². The molecule has 0 saturated heterocycles. The smallest absolute Gasteiger partial charge is 0.321 e. The van der Waals surface area contributed by atoms with Gasteiger partial charge in [0.25, 0.3) is 0 Å². The number of carboxylic acids is 1. The average molecular weight is 195 g/mol. The van der Waals surface area contributed by atoms with Gasteiger partial charge in [0.05, 0.1) is 0 Å². The Bertz CT molecular complexity index is 378. The van der Waals surface area contributed by atoms with Gasteiger partial charge < -0.3 is 10.4 Å². The lowest BCUT2D eigenvalue weighted by molar-refractivity contribution is -0.139. The van der Waals surface area contributed by atoms with E-state index in [9.17, 15) is 9.18 Å². The first-order valence-corrected chi connectivity index (χ1v) is 4.41. The van der Waals surface area contributed by atoms with Crippen molar-refractivity contribution in [1.29, 1.82) is 0 Å². The molecule has 2 rings (SSSR count). The zero-order valence-electron chi connectivity index (χ0n) is 7.46. The van der Waals surface area contributed by atoms with Crippen molar-refractivity contribution in [2.75, 3.05) is 0 Å². The van der Waals surface area contributed by atoms with Crippen molar-refractivity contribution in [2.24, 2.45) is 0 Å². The number of carbonyl (C=O) groups is 1. The Balaban J connectivity index is 2.33. The van der Waals surface area contributed by atoms with Crippen molar-refractivity contribution in [1.82, 2.24) is 5.32 Å². The van der Waals surface area contributed by atoms with Gasteiger partial charge in [-0.15, -0.1) is 0 Å². The van der Waals surface area contributed by atoms with Crippen molar-refractivity contribution in [3.05, 3.63) is 35.1 Å². The summed E-state index contributed by atoms with van der Waals surface area (Å²) in [7, 11) is 0. The highest BCUT2D eigenvalue weighted by Gasteiger charge is 2.25. The van der Waals surface area contributed by atoms with E-state index in [0.717, 1.165) is 5.56 Å². The molecule has 1 aromatic rings. The van der Waals surface area contributed by atoms with Gasteiger partial charge >= 0.3 is 5.97 Å². The zero-order valence-corrected chi connectivity index (χ0v) is 7.46. The van der Waals surface area contributed by atoms with Gasteiger partial charge in [-0.2, -0.15) is 0 Å². The number of fused-ring (bicyclic) bond motifs is 1. The van der Waals surface area contributed by atoms with Gasteiger partial charge in [-0.25, -0.2) is 4.39 Å². The summed E-state index contributed by atoms with van der Waals surface area (Å²) in [6.07, 6.45) is 0.220. The molecule has 1 aliphatic rings. The Morgan fingerprint density at radius 3 is 3.07 bits per heavy atom. The number of halogens is 1. The number of carboxylic acid groups (broad SMARTS) is 1. The summed E-state index contributed by atoms with van der Waals surface area (Å²) in [6.45, 7) is 0.421. The quantitative estimate of drug-likeness (QED) is 0.700. The fraction of sp³-hybridized carbons (Fsp3) is 0.300. The molecule has 0 saturated carbocycles. The van der Waals surface area contributed by atoms with Crippen LogP contribution in [0.2, 0.25) is 0 Å². The summed E-state index contributed by atoms with van der Waals surface area (Å²) in [5.41, 5.74) is 1.38. The lowest BCUT2D eigenvalue weighted by Crippen LogP contribution is -2.41. The highest BCUT2D eigenvalue weighted by Crippen LogP contribution is 2.19. The number of benzene rings is 1. The molecule has 14 heavy (non-hydrogen) atoms. The molecule has 4 heteroatoms. The number of hydrogen-bond donors (Lipinski definition) is 2. The maximum atomic E-state index is 13.3. The molecule has 0 aromatic heterocycles. The summed E-state index contributed by atoms with van der Waals surface area (Å²) in [6, 6.07) is 4.14. The first-order chi connectivity index (χ1) is 6.68. The summed E-state index contributed by atoms with van der Waals surface area (Å²) in [4.78, 5) is 10.7. The van der Waals surface area contributed by atoms with E-state index in [1.54, 1.807) is 6.07 Å². The van der Waals surface area contributed by atoms with Crippen LogP contribution >= 0.6 is 0 Å². The molecule has 3 nitrogen and oxygen atoms in total. The Hall–Kier alpha value is -1.42. The van der Waals surface area contributed by atoms with Crippen LogP contribution in [-0.2, 0) is 17.8 Å². The molecule has 0 unspecified atom stereocenters. The first-order valence-electron chi connectivity index (χ1n) is 4.41. The van der Waals surface area contributed by atoms with E-state index in [-0.39, 0.29) is 12.2 Å². The molecule has 1 atom stereocenters. The summed E-state index contributed by atoms with van der Waals surface area (Å²) in [5.74, 6) is -1.24. The normalized spacial score (nSPS) is 20.2. The largest absolute Gasteiger partial charge is 0.480 e.